The van der Waals surface area contributed by atoms with Crippen LogP contribution >= 0.6 is 11.6 Å². The topological polar surface area (TPSA) is 110 Å². The molecule has 0 bridgehead atoms. The summed E-state index contributed by atoms with van der Waals surface area (Å²) in [5.74, 6) is -0.795. The highest BCUT2D eigenvalue weighted by molar-refractivity contribution is 7.89. The van der Waals surface area contributed by atoms with Crippen LogP contribution in [-0.4, -0.2) is 24.1 Å². The minimum absolute atomic E-state index is 0.0716. The maximum atomic E-state index is 12.6. The summed E-state index contributed by atoms with van der Waals surface area (Å²) in [6, 6.07) is 11.8. The third-order valence-corrected chi connectivity index (χ3v) is 5.42. The van der Waals surface area contributed by atoms with Crippen molar-refractivity contribution in [2.24, 2.45) is 0 Å². The maximum absolute atomic E-state index is 12.6. The van der Waals surface area contributed by atoms with Crippen LogP contribution in [0, 0.1) is 0 Å². The van der Waals surface area contributed by atoms with Crippen molar-refractivity contribution in [1.82, 2.24) is 20.0 Å². The van der Waals surface area contributed by atoms with E-state index < -0.39 is 15.9 Å². The normalized spacial score (nSPS) is 11.7. The first-order valence-corrected chi connectivity index (χ1v) is 10.2. The van der Waals surface area contributed by atoms with Crippen molar-refractivity contribution in [2.75, 3.05) is 0 Å². The van der Waals surface area contributed by atoms with Crippen molar-refractivity contribution in [1.29, 1.82) is 0 Å². The molecule has 0 spiro atoms. The van der Waals surface area contributed by atoms with Gasteiger partial charge in [-0.2, -0.15) is 5.10 Å². The van der Waals surface area contributed by atoms with Crippen molar-refractivity contribution >= 4 is 38.3 Å². The number of sulfonamides is 1. The Morgan fingerprint density at radius 1 is 1.11 bits per heavy atom. The van der Waals surface area contributed by atoms with Crippen LogP contribution in [0.25, 0.3) is 10.8 Å². The number of amides is 1. The van der Waals surface area contributed by atoms with E-state index in [1.807, 2.05) is 4.83 Å². The van der Waals surface area contributed by atoms with Crippen LogP contribution < -0.4 is 15.8 Å². The number of hydrogen-bond donors (Lipinski definition) is 2. The van der Waals surface area contributed by atoms with Crippen molar-refractivity contribution < 1.29 is 13.2 Å². The molecule has 3 aromatic rings. The molecule has 0 fully saturated rings. The van der Waals surface area contributed by atoms with Crippen molar-refractivity contribution in [3.63, 3.8) is 0 Å². The summed E-state index contributed by atoms with van der Waals surface area (Å²) in [7, 11) is -4.04. The molecule has 0 atom stereocenters. The van der Waals surface area contributed by atoms with E-state index >= 15 is 0 Å². The Kier molecular flexibility index (Phi) is 5.50. The predicted octanol–water partition coefficient (Wildman–Crippen LogP) is 2.25. The quantitative estimate of drug-likeness (QED) is 0.615. The van der Waals surface area contributed by atoms with Gasteiger partial charge in [0.2, 0.25) is 0 Å². The second-order valence-electron chi connectivity index (χ2n) is 6.25. The van der Waals surface area contributed by atoms with Gasteiger partial charge in [0.1, 0.15) is 0 Å². The summed E-state index contributed by atoms with van der Waals surface area (Å²) >= 11 is 5.81. The van der Waals surface area contributed by atoms with E-state index in [9.17, 15) is 18.0 Å². The van der Waals surface area contributed by atoms with Crippen LogP contribution in [0.4, 0.5) is 0 Å². The molecule has 0 unspecified atom stereocenters. The number of nitrogens with zero attached hydrogens (tertiary/aromatic N) is 2. The molecular weight excluding hydrogens is 404 g/mol. The smallest absolute Gasteiger partial charge is 0.272 e. The predicted molar refractivity (Wildman–Crippen MR) is 106 cm³/mol. The number of aromatic nitrogens is 2. The van der Waals surface area contributed by atoms with Gasteiger partial charge in [-0.25, -0.2) is 13.1 Å². The van der Waals surface area contributed by atoms with E-state index in [4.69, 9.17) is 11.6 Å². The Bertz CT molecular complexity index is 1220. The van der Waals surface area contributed by atoms with Gasteiger partial charge in [-0.3, -0.25) is 15.0 Å². The lowest BCUT2D eigenvalue weighted by atomic mass is 10.1. The van der Waals surface area contributed by atoms with Crippen LogP contribution in [0.1, 0.15) is 30.4 Å². The molecule has 10 heteroatoms. The van der Waals surface area contributed by atoms with Gasteiger partial charge in [-0.15, -0.1) is 4.83 Å². The molecule has 0 saturated carbocycles. The summed E-state index contributed by atoms with van der Waals surface area (Å²) in [5, 5.41) is 5.00. The van der Waals surface area contributed by atoms with Crippen molar-refractivity contribution in [2.45, 2.75) is 24.8 Å². The molecule has 1 heterocycles. The highest BCUT2D eigenvalue weighted by atomic mass is 35.5. The van der Waals surface area contributed by atoms with Gasteiger partial charge in [0, 0.05) is 10.4 Å². The zero-order chi connectivity index (χ0) is 20.5. The van der Waals surface area contributed by atoms with Gasteiger partial charge in [0.05, 0.1) is 16.3 Å². The second kappa shape index (κ2) is 7.70. The summed E-state index contributed by atoms with van der Waals surface area (Å²) in [4.78, 5) is 27.1. The van der Waals surface area contributed by atoms with Gasteiger partial charge in [0.15, 0.2) is 5.69 Å². The highest BCUT2D eigenvalue weighted by Gasteiger charge is 2.20. The van der Waals surface area contributed by atoms with E-state index in [-0.39, 0.29) is 27.2 Å². The lowest BCUT2D eigenvalue weighted by Gasteiger charge is -2.14. The Morgan fingerprint density at radius 2 is 1.79 bits per heavy atom. The SMILES string of the molecule is CC(C)n1nc(C(=O)NNS(=O)(=O)c2cccc(Cl)c2)c2ccccc2c1=O. The monoisotopic (exact) mass is 420 g/mol. The van der Waals surface area contributed by atoms with Gasteiger partial charge in [-0.05, 0) is 38.1 Å². The molecule has 0 aliphatic rings. The molecule has 0 aliphatic heterocycles. The number of rotatable bonds is 5. The third kappa shape index (κ3) is 3.91. The average molecular weight is 421 g/mol. The molecule has 2 aromatic carbocycles. The number of hydrogen-bond acceptors (Lipinski definition) is 5. The van der Waals surface area contributed by atoms with Gasteiger partial charge >= 0.3 is 0 Å². The average Bonchev–Trinajstić information content (AvgIpc) is 2.66. The van der Waals surface area contributed by atoms with E-state index in [1.165, 1.54) is 28.9 Å². The minimum Gasteiger partial charge on any atom is -0.272 e. The summed E-state index contributed by atoms with van der Waals surface area (Å²) in [6.45, 7) is 3.51. The molecule has 2 N–H and O–H groups in total. The number of carbonyl (C=O) groups excluding carboxylic acids is 1. The summed E-state index contributed by atoms with van der Waals surface area (Å²) in [5.41, 5.74) is 1.73. The second-order valence-corrected chi connectivity index (χ2v) is 8.37. The first kappa shape index (κ1) is 20.0. The molecular formula is C18H17ClN4O4S. The minimum atomic E-state index is -4.04. The number of benzene rings is 2. The first-order chi connectivity index (χ1) is 13.2. The van der Waals surface area contributed by atoms with Crippen LogP contribution in [0.15, 0.2) is 58.2 Å². The van der Waals surface area contributed by atoms with Crippen molar-refractivity contribution in [3.8, 4) is 0 Å². The fourth-order valence-corrected chi connectivity index (χ4v) is 3.73. The molecule has 28 heavy (non-hydrogen) atoms. The van der Waals surface area contributed by atoms with E-state index in [0.29, 0.717) is 10.8 Å². The van der Waals surface area contributed by atoms with Gasteiger partial charge in [0.25, 0.3) is 21.5 Å². The van der Waals surface area contributed by atoms with E-state index in [1.54, 1.807) is 38.1 Å². The lowest BCUT2D eigenvalue weighted by Crippen LogP contribution is -2.42. The highest BCUT2D eigenvalue weighted by Crippen LogP contribution is 2.16. The standard InChI is InChI=1S/C18H17ClN4O4S/c1-11(2)23-18(25)15-9-4-3-8-14(15)16(21-23)17(24)20-22-28(26,27)13-7-5-6-12(19)10-13/h3-11,22H,1-2H3,(H,20,24). The molecule has 0 aliphatic carbocycles. The number of hydrazine groups is 1. The zero-order valence-corrected chi connectivity index (χ0v) is 16.6. The van der Waals surface area contributed by atoms with Crippen LogP contribution in [0.2, 0.25) is 5.02 Å². The fourth-order valence-electron chi connectivity index (χ4n) is 2.59. The summed E-state index contributed by atoms with van der Waals surface area (Å²) in [6.07, 6.45) is 0. The molecule has 0 radical (unpaired) electrons. The maximum Gasteiger partial charge on any atom is 0.287 e. The van der Waals surface area contributed by atoms with E-state index in [2.05, 4.69) is 10.5 Å². The number of carbonyl (C=O) groups is 1. The Hall–Kier alpha value is -2.75. The van der Waals surface area contributed by atoms with Crippen LogP contribution in [-0.2, 0) is 10.0 Å². The third-order valence-electron chi connectivity index (χ3n) is 3.94. The van der Waals surface area contributed by atoms with Gasteiger partial charge < -0.3 is 0 Å². The molecule has 1 aromatic heterocycles. The molecule has 8 nitrogen and oxygen atoms in total. The molecule has 1 amide bonds. The number of nitrogens with one attached hydrogen (secondary N) is 2. The molecule has 0 saturated heterocycles. The first-order valence-electron chi connectivity index (χ1n) is 8.30. The van der Waals surface area contributed by atoms with Crippen LogP contribution in [0.5, 0.6) is 0 Å². The fraction of sp³-hybridized carbons (Fsp3) is 0.167. The Morgan fingerprint density at radius 3 is 2.43 bits per heavy atom. The van der Waals surface area contributed by atoms with Crippen molar-refractivity contribution in [3.05, 3.63) is 69.6 Å². The van der Waals surface area contributed by atoms with Gasteiger partial charge in [-0.1, -0.05) is 35.9 Å². The molecule has 3 rings (SSSR count). The summed E-state index contributed by atoms with van der Waals surface area (Å²) < 4.78 is 25.9. The Labute approximate surface area is 166 Å². The lowest BCUT2D eigenvalue weighted by molar-refractivity contribution is 0.0939. The largest absolute Gasteiger partial charge is 0.287 e. The van der Waals surface area contributed by atoms with Crippen LogP contribution in [0.3, 0.4) is 0 Å². The number of halogens is 1. The van der Waals surface area contributed by atoms with E-state index in [0.717, 1.165) is 0 Å². The Balaban J connectivity index is 1.96. The number of fused-ring (bicyclic) bond motifs is 1. The zero-order valence-electron chi connectivity index (χ0n) is 15.0. The molecule has 146 valence electrons.